The molecule has 0 atom stereocenters. The minimum Gasteiger partial charge on any atom is -0.461 e. The molecule has 2 amide bonds. The molecule has 1 saturated heterocycles. The standard InChI is InChI=1S/C22H24N4O4S/c1-2-29-22(28)26-11-9-15(10-12-26)23-19(27)14-31-21-16-6-3-4-7-17(16)24-20(25-21)18-8-5-13-30-18/h3-8,13,15H,2,9-12,14H2,1H3,(H,23,27). The first-order valence-corrected chi connectivity index (χ1v) is 11.3. The van der Waals surface area contributed by atoms with Crippen LogP contribution in [0.15, 0.2) is 52.1 Å². The lowest BCUT2D eigenvalue weighted by molar-refractivity contribution is -0.119. The number of nitrogens with zero attached hydrogens (tertiary/aromatic N) is 3. The summed E-state index contributed by atoms with van der Waals surface area (Å²) in [7, 11) is 0. The fraction of sp³-hybridized carbons (Fsp3) is 0.364. The maximum atomic E-state index is 12.6. The number of ether oxygens (including phenoxy) is 1. The molecule has 162 valence electrons. The van der Waals surface area contributed by atoms with Gasteiger partial charge < -0.3 is 19.4 Å². The van der Waals surface area contributed by atoms with Gasteiger partial charge in [0.15, 0.2) is 11.6 Å². The molecule has 0 unspecified atom stereocenters. The topological polar surface area (TPSA) is 97.6 Å². The van der Waals surface area contributed by atoms with E-state index in [0.717, 1.165) is 15.9 Å². The minimum atomic E-state index is -0.286. The van der Waals surface area contributed by atoms with E-state index in [-0.39, 0.29) is 23.8 Å². The maximum Gasteiger partial charge on any atom is 0.409 e. The molecular weight excluding hydrogens is 416 g/mol. The number of furan rings is 1. The van der Waals surface area contributed by atoms with Gasteiger partial charge >= 0.3 is 6.09 Å². The van der Waals surface area contributed by atoms with Gasteiger partial charge in [-0.2, -0.15) is 0 Å². The summed E-state index contributed by atoms with van der Waals surface area (Å²) in [6.45, 7) is 3.33. The Morgan fingerprint density at radius 3 is 2.74 bits per heavy atom. The number of aromatic nitrogens is 2. The van der Waals surface area contributed by atoms with Crippen molar-refractivity contribution in [3.05, 3.63) is 42.7 Å². The van der Waals surface area contributed by atoms with E-state index < -0.39 is 0 Å². The van der Waals surface area contributed by atoms with Crippen LogP contribution in [0.3, 0.4) is 0 Å². The third kappa shape index (κ3) is 5.16. The van der Waals surface area contributed by atoms with Crippen molar-refractivity contribution in [2.45, 2.75) is 30.8 Å². The van der Waals surface area contributed by atoms with Crippen LogP contribution in [0.1, 0.15) is 19.8 Å². The summed E-state index contributed by atoms with van der Waals surface area (Å²) in [4.78, 5) is 35.2. The van der Waals surface area contributed by atoms with Crippen LogP contribution in [0.5, 0.6) is 0 Å². The summed E-state index contributed by atoms with van der Waals surface area (Å²) in [6, 6.07) is 11.4. The van der Waals surface area contributed by atoms with Crippen molar-refractivity contribution in [3.8, 4) is 11.6 Å². The molecule has 1 aliphatic heterocycles. The van der Waals surface area contributed by atoms with E-state index in [4.69, 9.17) is 9.15 Å². The number of thioether (sulfide) groups is 1. The zero-order valence-electron chi connectivity index (χ0n) is 17.2. The Morgan fingerprint density at radius 1 is 1.19 bits per heavy atom. The number of piperidine rings is 1. The van der Waals surface area contributed by atoms with E-state index in [1.165, 1.54) is 11.8 Å². The average molecular weight is 441 g/mol. The summed E-state index contributed by atoms with van der Waals surface area (Å²) in [6.07, 6.45) is 2.73. The lowest BCUT2D eigenvalue weighted by atomic mass is 10.1. The highest BCUT2D eigenvalue weighted by molar-refractivity contribution is 8.00. The Hall–Kier alpha value is -3.07. The van der Waals surface area contributed by atoms with E-state index in [2.05, 4.69) is 15.3 Å². The van der Waals surface area contributed by atoms with Gasteiger partial charge in [-0.25, -0.2) is 14.8 Å². The summed E-state index contributed by atoms with van der Waals surface area (Å²) in [5, 5.41) is 4.71. The molecule has 1 N–H and O–H groups in total. The normalized spacial score (nSPS) is 14.5. The van der Waals surface area contributed by atoms with E-state index in [1.807, 2.05) is 30.3 Å². The molecule has 0 radical (unpaired) electrons. The highest BCUT2D eigenvalue weighted by Crippen LogP contribution is 2.28. The van der Waals surface area contributed by atoms with Crippen LogP contribution in [0.2, 0.25) is 0 Å². The zero-order valence-corrected chi connectivity index (χ0v) is 18.1. The van der Waals surface area contributed by atoms with Crippen molar-refractivity contribution in [2.75, 3.05) is 25.4 Å². The van der Waals surface area contributed by atoms with E-state index in [0.29, 0.717) is 44.1 Å². The molecule has 1 aliphatic rings. The molecule has 31 heavy (non-hydrogen) atoms. The molecule has 0 aliphatic carbocycles. The number of benzene rings is 1. The fourth-order valence-electron chi connectivity index (χ4n) is 3.50. The Bertz CT molecular complexity index is 1050. The lowest BCUT2D eigenvalue weighted by Crippen LogP contribution is -2.47. The van der Waals surface area contributed by atoms with E-state index in [1.54, 1.807) is 24.2 Å². The Morgan fingerprint density at radius 2 is 2.00 bits per heavy atom. The number of nitrogens with one attached hydrogen (secondary N) is 1. The molecule has 3 aromatic rings. The van der Waals surface area contributed by atoms with Crippen LogP contribution in [-0.2, 0) is 9.53 Å². The second kappa shape index (κ2) is 9.82. The van der Waals surface area contributed by atoms with Crippen LogP contribution in [0.4, 0.5) is 4.79 Å². The van der Waals surface area contributed by atoms with Gasteiger partial charge in [-0.3, -0.25) is 4.79 Å². The van der Waals surface area contributed by atoms with Gasteiger partial charge in [-0.05, 0) is 38.0 Å². The molecule has 9 heteroatoms. The largest absolute Gasteiger partial charge is 0.461 e. The Kier molecular flexibility index (Phi) is 6.71. The van der Waals surface area contributed by atoms with Crippen molar-refractivity contribution < 1.29 is 18.7 Å². The van der Waals surface area contributed by atoms with Gasteiger partial charge in [0.25, 0.3) is 0 Å². The number of likely N-dealkylation sites (tertiary alicyclic amines) is 1. The number of carbonyl (C=O) groups excluding carboxylic acids is 2. The van der Waals surface area contributed by atoms with Gasteiger partial charge in [-0.15, -0.1) is 0 Å². The number of rotatable bonds is 6. The number of para-hydroxylation sites is 1. The van der Waals surface area contributed by atoms with Crippen molar-refractivity contribution in [1.82, 2.24) is 20.2 Å². The van der Waals surface area contributed by atoms with Crippen molar-refractivity contribution >= 4 is 34.7 Å². The molecule has 1 fully saturated rings. The van der Waals surface area contributed by atoms with E-state index >= 15 is 0 Å². The number of carbonyl (C=O) groups is 2. The first kappa shape index (κ1) is 21.2. The Balaban J connectivity index is 1.37. The minimum absolute atomic E-state index is 0.0539. The van der Waals surface area contributed by atoms with Crippen molar-refractivity contribution in [1.29, 1.82) is 0 Å². The predicted octanol–water partition coefficient (Wildman–Crippen LogP) is 3.72. The first-order chi connectivity index (χ1) is 15.1. The average Bonchev–Trinajstić information content (AvgIpc) is 3.33. The molecule has 0 saturated carbocycles. The third-order valence-corrected chi connectivity index (χ3v) is 6.03. The van der Waals surface area contributed by atoms with Crippen LogP contribution < -0.4 is 5.32 Å². The van der Waals surface area contributed by atoms with Crippen molar-refractivity contribution in [3.63, 3.8) is 0 Å². The number of hydrogen-bond acceptors (Lipinski definition) is 7. The molecular formula is C22H24N4O4S. The molecule has 2 aromatic heterocycles. The summed E-state index contributed by atoms with van der Waals surface area (Å²) in [5.74, 6) is 1.28. The summed E-state index contributed by atoms with van der Waals surface area (Å²) >= 11 is 1.38. The van der Waals surface area contributed by atoms with Gasteiger partial charge in [0.1, 0.15) is 5.03 Å². The number of amides is 2. The van der Waals surface area contributed by atoms with Gasteiger partial charge in [-0.1, -0.05) is 30.0 Å². The maximum absolute atomic E-state index is 12.6. The van der Waals surface area contributed by atoms with Crippen LogP contribution in [-0.4, -0.2) is 58.4 Å². The number of hydrogen-bond donors (Lipinski definition) is 1. The quantitative estimate of drug-likeness (QED) is 0.461. The second-order valence-electron chi connectivity index (χ2n) is 7.16. The monoisotopic (exact) mass is 440 g/mol. The lowest BCUT2D eigenvalue weighted by Gasteiger charge is -2.31. The van der Waals surface area contributed by atoms with Gasteiger partial charge in [0.2, 0.25) is 5.91 Å². The SMILES string of the molecule is CCOC(=O)N1CCC(NC(=O)CSc2nc(-c3ccco3)nc3ccccc23)CC1. The molecule has 1 aromatic carbocycles. The molecule has 8 nitrogen and oxygen atoms in total. The summed E-state index contributed by atoms with van der Waals surface area (Å²) < 4.78 is 10.5. The van der Waals surface area contributed by atoms with Crippen LogP contribution in [0.25, 0.3) is 22.5 Å². The van der Waals surface area contributed by atoms with Crippen LogP contribution >= 0.6 is 11.8 Å². The highest BCUT2D eigenvalue weighted by Gasteiger charge is 2.24. The molecule has 0 bridgehead atoms. The first-order valence-electron chi connectivity index (χ1n) is 10.3. The smallest absolute Gasteiger partial charge is 0.409 e. The van der Waals surface area contributed by atoms with Gasteiger partial charge in [0, 0.05) is 24.5 Å². The third-order valence-electron chi connectivity index (χ3n) is 5.04. The van der Waals surface area contributed by atoms with Crippen LogP contribution in [0, 0.1) is 0 Å². The van der Waals surface area contributed by atoms with Gasteiger partial charge in [0.05, 0.1) is 24.1 Å². The Labute approximate surface area is 184 Å². The zero-order chi connectivity index (χ0) is 21.6. The number of fused-ring (bicyclic) bond motifs is 1. The van der Waals surface area contributed by atoms with Crippen molar-refractivity contribution in [2.24, 2.45) is 0 Å². The summed E-state index contributed by atoms with van der Waals surface area (Å²) in [5.41, 5.74) is 0.804. The van der Waals surface area contributed by atoms with E-state index in [9.17, 15) is 9.59 Å². The second-order valence-corrected chi connectivity index (χ2v) is 8.13. The molecule has 3 heterocycles. The predicted molar refractivity (Wildman–Crippen MR) is 118 cm³/mol. The highest BCUT2D eigenvalue weighted by atomic mass is 32.2. The molecule has 0 spiro atoms. The molecule has 4 rings (SSSR count). The fourth-order valence-corrected chi connectivity index (χ4v) is 4.33.